The first-order chi connectivity index (χ1) is 13.2. The Labute approximate surface area is 159 Å². The maximum Gasteiger partial charge on any atom is 0.0503 e. The van der Waals surface area contributed by atoms with Crippen LogP contribution in [0, 0.1) is 0 Å². The Kier molecular flexibility index (Phi) is 3.64. The molecule has 0 aliphatic rings. The van der Waals surface area contributed by atoms with Gasteiger partial charge < -0.3 is 9.55 Å². The highest BCUT2D eigenvalue weighted by Crippen LogP contribution is 2.40. The number of aromatic nitrogens is 2. The summed E-state index contributed by atoms with van der Waals surface area (Å²) in [6.07, 6.45) is 2.28. The molecule has 0 aliphatic heterocycles. The Balaban J connectivity index is 1.79. The fraction of sp³-hybridized carbons (Fsp3) is 0.120. The van der Waals surface area contributed by atoms with E-state index in [2.05, 4.69) is 109 Å². The fourth-order valence-corrected chi connectivity index (χ4v) is 4.32. The van der Waals surface area contributed by atoms with Crippen LogP contribution in [0.1, 0.15) is 24.0 Å². The van der Waals surface area contributed by atoms with E-state index >= 15 is 0 Å². The van der Waals surface area contributed by atoms with Crippen LogP contribution in [0.15, 0.2) is 85.1 Å². The van der Waals surface area contributed by atoms with E-state index in [9.17, 15) is 0 Å². The largest absolute Gasteiger partial charge is 0.354 e. The van der Waals surface area contributed by atoms with Crippen LogP contribution in [-0.2, 0) is 7.05 Å². The summed E-state index contributed by atoms with van der Waals surface area (Å²) in [6.45, 7) is 2.32. The summed E-state index contributed by atoms with van der Waals surface area (Å²) < 4.78 is 2.23. The number of nitrogens with zero attached hydrogens (tertiary/aromatic N) is 1. The number of H-pyrrole nitrogens is 1. The van der Waals surface area contributed by atoms with Crippen molar-refractivity contribution in [2.24, 2.45) is 7.05 Å². The molecule has 1 atom stereocenters. The van der Waals surface area contributed by atoms with Crippen molar-refractivity contribution in [3.05, 3.63) is 96.2 Å². The van der Waals surface area contributed by atoms with E-state index in [0.717, 1.165) is 0 Å². The van der Waals surface area contributed by atoms with Gasteiger partial charge in [0.15, 0.2) is 0 Å². The first-order valence-electron chi connectivity index (χ1n) is 9.44. The average Bonchev–Trinajstić information content (AvgIpc) is 3.27. The van der Waals surface area contributed by atoms with Gasteiger partial charge in [-0.05, 0) is 28.8 Å². The first-order valence-corrected chi connectivity index (χ1v) is 9.44. The van der Waals surface area contributed by atoms with Crippen LogP contribution in [0.3, 0.4) is 0 Å². The molecule has 2 nitrogen and oxygen atoms in total. The zero-order valence-corrected chi connectivity index (χ0v) is 15.6. The van der Waals surface area contributed by atoms with E-state index in [4.69, 9.17) is 0 Å². The zero-order chi connectivity index (χ0) is 18.4. The van der Waals surface area contributed by atoms with E-state index in [1.165, 1.54) is 44.2 Å². The molecule has 2 heterocycles. The predicted molar refractivity (Wildman–Crippen MR) is 114 cm³/mol. The molecule has 2 heteroatoms. The second kappa shape index (κ2) is 6.17. The molecular formula is C25H22N2. The van der Waals surface area contributed by atoms with E-state index in [-0.39, 0.29) is 5.92 Å². The fourth-order valence-electron chi connectivity index (χ4n) is 4.32. The number of hydrogen-bond acceptors (Lipinski definition) is 0. The summed E-state index contributed by atoms with van der Waals surface area (Å²) in [4.78, 5) is 3.68. The Morgan fingerprint density at radius 1 is 0.778 bits per heavy atom. The Morgan fingerprint density at radius 3 is 2.26 bits per heavy atom. The monoisotopic (exact) mass is 350 g/mol. The minimum atomic E-state index is 0.280. The second-order valence-electron chi connectivity index (χ2n) is 7.26. The van der Waals surface area contributed by atoms with Gasteiger partial charge in [0, 0.05) is 41.0 Å². The van der Waals surface area contributed by atoms with Gasteiger partial charge in [0.2, 0.25) is 0 Å². The third kappa shape index (κ3) is 2.48. The molecule has 3 aromatic carbocycles. The van der Waals surface area contributed by atoms with E-state index in [1.807, 2.05) is 0 Å². The van der Waals surface area contributed by atoms with Gasteiger partial charge in [0.05, 0.1) is 5.69 Å². The van der Waals surface area contributed by atoms with Crippen LogP contribution >= 0.6 is 0 Å². The lowest BCUT2D eigenvalue weighted by Crippen LogP contribution is -1.97. The molecule has 0 radical (unpaired) electrons. The SMILES string of the molecule is CC(c1c(-c2ccccc2)[nH]c2ccccc12)c1cn(C)c2ccccc12. The first kappa shape index (κ1) is 16.0. The summed E-state index contributed by atoms with van der Waals surface area (Å²) in [5, 5.41) is 2.63. The standard InChI is InChI=1S/C25H22N2/c1-17(21-16-27(2)23-15-9-7-12-19(21)23)24-20-13-6-8-14-22(20)26-25(24)18-10-4-3-5-11-18/h3-17,26H,1-2H3. The third-order valence-corrected chi connectivity index (χ3v) is 5.64. The smallest absolute Gasteiger partial charge is 0.0503 e. The van der Waals surface area contributed by atoms with Crippen molar-refractivity contribution in [3.63, 3.8) is 0 Å². The molecule has 0 spiro atoms. The van der Waals surface area contributed by atoms with Crippen LogP contribution in [0.5, 0.6) is 0 Å². The number of benzene rings is 3. The molecule has 0 aliphatic carbocycles. The van der Waals surface area contributed by atoms with Crippen molar-refractivity contribution >= 4 is 21.8 Å². The van der Waals surface area contributed by atoms with Gasteiger partial charge in [0.25, 0.3) is 0 Å². The van der Waals surface area contributed by atoms with Gasteiger partial charge in [0.1, 0.15) is 0 Å². The Bertz CT molecular complexity index is 1240. The number of aromatic amines is 1. The Morgan fingerprint density at radius 2 is 1.44 bits per heavy atom. The molecule has 27 heavy (non-hydrogen) atoms. The number of hydrogen-bond donors (Lipinski definition) is 1. The number of aryl methyl sites for hydroxylation is 1. The van der Waals surface area contributed by atoms with Crippen LogP contribution < -0.4 is 0 Å². The van der Waals surface area contributed by atoms with Crippen molar-refractivity contribution in [2.45, 2.75) is 12.8 Å². The van der Waals surface area contributed by atoms with Crippen LogP contribution in [0.2, 0.25) is 0 Å². The maximum absolute atomic E-state index is 3.68. The summed E-state index contributed by atoms with van der Waals surface area (Å²) in [5.74, 6) is 0.280. The van der Waals surface area contributed by atoms with Crippen LogP contribution in [0.25, 0.3) is 33.1 Å². The Hall–Kier alpha value is -3.26. The summed E-state index contributed by atoms with van der Waals surface area (Å²) in [5.41, 5.74) is 7.66. The molecule has 2 aromatic heterocycles. The molecule has 5 aromatic rings. The third-order valence-electron chi connectivity index (χ3n) is 5.64. The molecule has 0 fully saturated rings. The molecule has 1 unspecified atom stereocenters. The second-order valence-corrected chi connectivity index (χ2v) is 7.26. The highest BCUT2D eigenvalue weighted by molar-refractivity contribution is 5.93. The topological polar surface area (TPSA) is 20.7 Å². The van der Waals surface area contributed by atoms with Crippen molar-refractivity contribution in [2.75, 3.05) is 0 Å². The van der Waals surface area contributed by atoms with Crippen LogP contribution in [0.4, 0.5) is 0 Å². The van der Waals surface area contributed by atoms with Gasteiger partial charge in [-0.2, -0.15) is 0 Å². The van der Waals surface area contributed by atoms with Crippen molar-refractivity contribution in [3.8, 4) is 11.3 Å². The normalized spacial score (nSPS) is 12.7. The molecule has 0 bridgehead atoms. The molecule has 132 valence electrons. The van der Waals surface area contributed by atoms with Gasteiger partial charge in [-0.15, -0.1) is 0 Å². The zero-order valence-electron chi connectivity index (χ0n) is 15.6. The number of fused-ring (bicyclic) bond motifs is 2. The number of para-hydroxylation sites is 2. The van der Waals surface area contributed by atoms with Crippen molar-refractivity contribution < 1.29 is 0 Å². The number of nitrogens with one attached hydrogen (secondary N) is 1. The minimum Gasteiger partial charge on any atom is -0.354 e. The molecule has 0 amide bonds. The van der Waals surface area contributed by atoms with E-state index in [0.29, 0.717) is 0 Å². The highest BCUT2D eigenvalue weighted by Gasteiger charge is 2.22. The minimum absolute atomic E-state index is 0.280. The lowest BCUT2D eigenvalue weighted by atomic mass is 9.89. The van der Waals surface area contributed by atoms with Gasteiger partial charge in [-0.1, -0.05) is 73.7 Å². The van der Waals surface area contributed by atoms with Crippen LogP contribution in [-0.4, -0.2) is 9.55 Å². The van der Waals surface area contributed by atoms with E-state index in [1.54, 1.807) is 0 Å². The quantitative estimate of drug-likeness (QED) is 0.384. The maximum atomic E-state index is 3.68. The molecular weight excluding hydrogens is 328 g/mol. The summed E-state index contributed by atoms with van der Waals surface area (Å²) >= 11 is 0. The molecule has 1 N–H and O–H groups in total. The highest BCUT2D eigenvalue weighted by atomic mass is 14.9. The lowest BCUT2D eigenvalue weighted by Gasteiger charge is -2.14. The van der Waals surface area contributed by atoms with Crippen molar-refractivity contribution in [1.82, 2.24) is 9.55 Å². The number of rotatable bonds is 3. The summed E-state index contributed by atoms with van der Waals surface area (Å²) in [7, 11) is 2.13. The van der Waals surface area contributed by atoms with Gasteiger partial charge >= 0.3 is 0 Å². The molecule has 5 rings (SSSR count). The van der Waals surface area contributed by atoms with E-state index < -0.39 is 0 Å². The lowest BCUT2D eigenvalue weighted by molar-refractivity contribution is 0.906. The molecule has 0 saturated carbocycles. The predicted octanol–water partition coefficient (Wildman–Crippen LogP) is 6.48. The van der Waals surface area contributed by atoms with Gasteiger partial charge in [-0.25, -0.2) is 0 Å². The summed E-state index contributed by atoms with van der Waals surface area (Å²) in [6, 6.07) is 27.9. The van der Waals surface area contributed by atoms with Gasteiger partial charge in [-0.3, -0.25) is 0 Å². The molecule has 0 saturated heterocycles. The van der Waals surface area contributed by atoms with Crippen molar-refractivity contribution in [1.29, 1.82) is 0 Å². The average molecular weight is 350 g/mol.